The Kier molecular flexibility index (Phi) is 7.14. The zero-order valence-corrected chi connectivity index (χ0v) is 20.6. The molecule has 4 aliphatic rings. The normalized spacial score (nSPS) is 25.3. The second-order valence-electron chi connectivity index (χ2n) is 10.8. The minimum atomic E-state index is -1.36. The summed E-state index contributed by atoms with van der Waals surface area (Å²) in [5, 5.41) is 5.29. The second-order valence-corrected chi connectivity index (χ2v) is 10.8. The van der Waals surface area contributed by atoms with Crippen LogP contribution in [0.2, 0.25) is 0 Å². The summed E-state index contributed by atoms with van der Waals surface area (Å²) in [5.74, 6) is -0.880. The van der Waals surface area contributed by atoms with Crippen molar-refractivity contribution >= 4 is 29.1 Å². The van der Waals surface area contributed by atoms with E-state index in [9.17, 15) is 18.8 Å². The molecule has 2 N–H and O–H groups in total. The van der Waals surface area contributed by atoms with Gasteiger partial charge in [-0.25, -0.2) is 8.78 Å². The summed E-state index contributed by atoms with van der Waals surface area (Å²) in [6, 6.07) is 4.23. The van der Waals surface area contributed by atoms with Crippen LogP contribution in [0.4, 0.5) is 20.2 Å². The van der Waals surface area contributed by atoms with Crippen LogP contribution in [0.3, 0.4) is 0 Å². The Hall–Kier alpha value is -2.75. The molecule has 1 unspecified atom stereocenters. The van der Waals surface area contributed by atoms with Crippen LogP contribution < -0.4 is 15.5 Å². The minimum Gasteiger partial charge on any atom is -0.374 e. The van der Waals surface area contributed by atoms with Crippen LogP contribution in [-0.2, 0) is 14.4 Å². The first-order valence-corrected chi connectivity index (χ1v) is 13.1. The molecule has 4 fully saturated rings. The highest BCUT2D eigenvalue weighted by Gasteiger charge is 2.48. The number of carbonyl (C=O) groups is 3. The third-order valence-corrected chi connectivity index (χ3v) is 7.96. The number of alkyl halides is 1. The number of rotatable bonds is 6. The Balaban J connectivity index is 1.08. The molecule has 3 aliphatic heterocycles. The molecule has 3 saturated heterocycles. The lowest BCUT2D eigenvalue weighted by molar-refractivity contribution is -0.152. The lowest BCUT2D eigenvalue weighted by atomic mass is 9.85. The average Bonchev–Trinajstić information content (AvgIpc) is 2.85. The van der Waals surface area contributed by atoms with Crippen LogP contribution in [0.15, 0.2) is 18.2 Å². The summed E-state index contributed by atoms with van der Waals surface area (Å²) in [4.78, 5) is 41.6. The zero-order chi connectivity index (χ0) is 25.3. The number of imide groups is 1. The maximum absolute atomic E-state index is 15.3. The first-order chi connectivity index (χ1) is 17.3. The highest BCUT2D eigenvalue weighted by atomic mass is 19.1. The van der Waals surface area contributed by atoms with Gasteiger partial charge in [0.1, 0.15) is 11.9 Å². The number of piperazine rings is 1. The molecular formula is C26H35F2N5O3. The van der Waals surface area contributed by atoms with Crippen molar-refractivity contribution in [3.8, 4) is 0 Å². The Morgan fingerprint density at radius 3 is 2.44 bits per heavy atom. The number of nitrogens with one attached hydrogen (secondary N) is 2. The van der Waals surface area contributed by atoms with Crippen molar-refractivity contribution in [2.45, 2.75) is 56.7 Å². The number of hydrogen-bond acceptors (Lipinski definition) is 6. The van der Waals surface area contributed by atoms with E-state index in [1.165, 1.54) is 12.5 Å². The van der Waals surface area contributed by atoms with Crippen LogP contribution in [-0.4, -0.2) is 85.0 Å². The Morgan fingerprint density at radius 2 is 1.78 bits per heavy atom. The van der Waals surface area contributed by atoms with Crippen molar-refractivity contribution in [2.75, 3.05) is 56.0 Å². The maximum atomic E-state index is 15.3. The zero-order valence-electron chi connectivity index (χ0n) is 20.6. The first kappa shape index (κ1) is 24.9. The van der Waals surface area contributed by atoms with Crippen LogP contribution >= 0.6 is 0 Å². The smallest absolute Gasteiger partial charge is 0.249 e. The number of carbonyl (C=O) groups excluding carboxylic acids is 3. The van der Waals surface area contributed by atoms with E-state index in [1.807, 2.05) is 4.90 Å². The largest absolute Gasteiger partial charge is 0.374 e. The predicted octanol–water partition coefficient (Wildman–Crippen LogP) is 2.30. The molecule has 8 nitrogen and oxygen atoms in total. The fraction of sp³-hybridized carbons (Fsp3) is 0.654. The van der Waals surface area contributed by atoms with E-state index in [0.717, 1.165) is 25.7 Å². The molecule has 10 heteroatoms. The van der Waals surface area contributed by atoms with E-state index >= 15 is 4.39 Å². The van der Waals surface area contributed by atoms with Crippen molar-refractivity contribution in [3.05, 3.63) is 24.0 Å². The molecule has 0 spiro atoms. The molecule has 1 saturated carbocycles. The van der Waals surface area contributed by atoms with Crippen molar-refractivity contribution in [2.24, 2.45) is 5.92 Å². The van der Waals surface area contributed by atoms with Crippen molar-refractivity contribution in [1.29, 1.82) is 0 Å². The van der Waals surface area contributed by atoms with Crippen molar-refractivity contribution in [1.82, 2.24) is 15.1 Å². The molecule has 1 aliphatic carbocycles. The summed E-state index contributed by atoms with van der Waals surface area (Å²) in [6.07, 6.45) is 5.87. The van der Waals surface area contributed by atoms with Gasteiger partial charge in [0.2, 0.25) is 17.7 Å². The quantitative estimate of drug-likeness (QED) is 0.580. The van der Waals surface area contributed by atoms with Gasteiger partial charge < -0.3 is 15.1 Å². The molecular weight excluding hydrogens is 468 g/mol. The number of amides is 3. The third-order valence-electron chi connectivity index (χ3n) is 7.96. The van der Waals surface area contributed by atoms with Gasteiger partial charge in [0.05, 0.1) is 18.8 Å². The lowest BCUT2D eigenvalue weighted by Crippen LogP contribution is -2.67. The van der Waals surface area contributed by atoms with E-state index in [2.05, 4.69) is 15.5 Å². The number of benzene rings is 1. The summed E-state index contributed by atoms with van der Waals surface area (Å²) >= 11 is 0. The Labute approximate surface area is 210 Å². The monoisotopic (exact) mass is 503 g/mol. The van der Waals surface area contributed by atoms with Crippen molar-refractivity contribution < 1.29 is 23.2 Å². The van der Waals surface area contributed by atoms with Crippen LogP contribution in [0.5, 0.6) is 0 Å². The van der Waals surface area contributed by atoms with Gasteiger partial charge in [0.25, 0.3) is 0 Å². The van der Waals surface area contributed by atoms with Gasteiger partial charge in [-0.15, -0.1) is 0 Å². The fourth-order valence-corrected chi connectivity index (χ4v) is 5.93. The molecule has 5 rings (SSSR count). The molecule has 0 aromatic heterocycles. The van der Waals surface area contributed by atoms with Crippen LogP contribution in [0.1, 0.15) is 44.9 Å². The lowest BCUT2D eigenvalue weighted by Gasteiger charge is -2.49. The van der Waals surface area contributed by atoms with Gasteiger partial charge >= 0.3 is 0 Å². The molecule has 36 heavy (non-hydrogen) atoms. The standard InChI is InChI=1S/C26H35F2N5O3/c27-20-14-19(29-21-7-9-23(34)30-24(21)35)6-8-22(20)32-12-10-31(11-13-32)15-26(28)16-33(17-26)25(36)18-4-2-1-3-5-18/h6,8,14,18,21,29H,1-5,7,9-13,15-17H2,(H,30,34,35). The van der Waals surface area contributed by atoms with Gasteiger partial charge in [0.15, 0.2) is 5.67 Å². The molecule has 1 atom stereocenters. The summed E-state index contributed by atoms with van der Waals surface area (Å²) in [6.45, 7) is 3.06. The topological polar surface area (TPSA) is 85.0 Å². The number of nitrogens with zero attached hydrogens (tertiary/aromatic N) is 3. The van der Waals surface area contributed by atoms with Crippen molar-refractivity contribution in [3.63, 3.8) is 0 Å². The average molecular weight is 504 g/mol. The second kappa shape index (κ2) is 10.3. The summed E-state index contributed by atoms with van der Waals surface area (Å²) in [7, 11) is 0. The molecule has 0 radical (unpaired) electrons. The number of halogens is 2. The van der Waals surface area contributed by atoms with Crippen LogP contribution in [0, 0.1) is 11.7 Å². The maximum Gasteiger partial charge on any atom is 0.249 e. The number of piperidine rings is 1. The van der Waals surface area contributed by atoms with E-state index < -0.39 is 23.4 Å². The van der Waals surface area contributed by atoms with Gasteiger partial charge in [0, 0.05) is 50.7 Å². The highest BCUT2D eigenvalue weighted by Crippen LogP contribution is 2.33. The fourth-order valence-electron chi connectivity index (χ4n) is 5.93. The number of anilines is 2. The summed E-state index contributed by atoms with van der Waals surface area (Å²) < 4.78 is 30.2. The van der Waals surface area contributed by atoms with Gasteiger partial charge in [-0.3, -0.25) is 24.6 Å². The number of likely N-dealkylation sites (tertiary alicyclic amines) is 1. The molecule has 1 aromatic rings. The van der Waals surface area contributed by atoms with Gasteiger partial charge in [-0.1, -0.05) is 19.3 Å². The summed E-state index contributed by atoms with van der Waals surface area (Å²) in [5.41, 5.74) is -0.395. The number of hydrogen-bond donors (Lipinski definition) is 2. The molecule has 196 valence electrons. The van der Waals surface area contributed by atoms with E-state index in [4.69, 9.17) is 0 Å². The molecule has 1 aromatic carbocycles. The molecule has 0 bridgehead atoms. The highest BCUT2D eigenvalue weighted by molar-refractivity contribution is 6.01. The minimum absolute atomic E-state index is 0.0763. The van der Waals surface area contributed by atoms with Crippen LogP contribution in [0.25, 0.3) is 0 Å². The van der Waals surface area contributed by atoms with Gasteiger partial charge in [-0.05, 0) is 37.5 Å². The first-order valence-electron chi connectivity index (χ1n) is 13.1. The predicted molar refractivity (Wildman–Crippen MR) is 132 cm³/mol. The van der Waals surface area contributed by atoms with E-state index in [0.29, 0.717) is 50.5 Å². The molecule has 3 amide bonds. The van der Waals surface area contributed by atoms with Gasteiger partial charge in [-0.2, -0.15) is 0 Å². The molecule has 3 heterocycles. The Morgan fingerprint density at radius 1 is 1.06 bits per heavy atom. The van der Waals surface area contributed by atoms with E-state index in [1.54, 1.807) is 17.0 Å². The SMILES string of the molecule is O=C1CCC(Nc2ccc(N3CCN(CC4(F)CN(C(=O)C5CCCCC5)C4)CC3)c(F)c2)C(=O)N1. The third kappa shape index (κ3) is 5.48. The Bertz CT molecular complexity index is 1000. The van der Waals surface area contributed by atoms with E-state index in [-0.39, 0.29) is 37.2 Å².